The minimum absolute atomic E-state index is 0.183. The summed E-state index contributed by atoms with van der Waals surface area (Å²) in [6.45, 7) is 11.4. The van der Waals surface area contributed by atoms with E-state index in [9.17, 15) is 4.79 Å². The third-order valence-electron chi connectivity index (χ3n) is 2.37. The van der Waals surface area contributed by atoms with Crippen LogP contribution in [0.1, 0.15) is 32.3 Å². The Labute approximate surface area is 122 Å². The summed E-state index contributed by atoms with van der Waals surface area (Å²) in [7, 11) is 0. The van der Waals surface area contributed by atoms with Crippen LogP contribution in [0.3, 0.4) is 0 Å². The van der Waals surface area contributed by atoms with Crippen LogP contribution in [0.5, 0.6) is 0 Å². The number of rotatable bonds is 6. The molecule has 20 heavy (non-hydrogen) atoms. The second-order valence-corrected chi connectivity index (χ2v) is 4.22. The molecule has 0 saturated carbocycles. The standard InChI is InChI=1S/C10H16O2.C8H8/c1-4-6-9(3)8-10(11)12-7-5-2;1-2-8-6-4-3-5-7-8/h5-6H,2,4,7-8H2,1,3H3;2-7H,1H2. The van der Waals surface area contributed by atoms with E-state index >= 15 is 0 Å². The van der Waals surface area contributed by atoms with Crippen molar-refractivity contribution < 1.29 is 9.53 Å². The Hall–Kier alpha value is -2.09. The highest BCUT2D eigenvalue weighted by Gasteiger charge is 2.01. The molecule has 0 aliphatic carbocycles. The number of hydrogen-bond acceptors (Lipinski definition) is 2. The average molecular weight is 272 g/mol. The highest BCUT2D eigenvalue weighted by molar-refractivity contribution is 5.72. The van der Waals surface area contributed by atoms with Gasteiger partial charge in [-0.3, -0.25) is 4.79 Å². The van der Waals surface area contributed by atoms with Gasteiger partial charge in [0.15, 0.2) is 0 Å². The molecule has 0 unspecified atom stereocenters. The lowest BCUT2D eigenvalue weighted by Crippen LogP contribution is -2.04. The Kier molecular flexibility index (Phi) is 10.7. The van der Waals surface area contributed by atoms with Crippen LogP contribution in [0.2, 0.25) is 0 Å². The summed E-state index contributed by atoms with van der Waals surface area (Å²) in [5, 5.41) is 0. The van der Waals surface area contributed by atoms with Crippen molar-refractivity contribution in [2.24, 2.45) is 0 Å². The molecule has 0 saturated heterocycles. The van der Waals surface area contributed by atoms with Crippen molar-refractivity contribution in [3.8, 4) is 0 Å². The van der Waals surface area contributed by atoms with Gasteiger partial charge in [-0.05, 0) is 18.9 Å². The van der Waals surface area contributed by atoms with Crippen LogP contribution < -0.4 is 0 Å². The third-order valence-corrected chi connectivity index (χ3v) is 2.37. The maximum atomic E-state index is 11.0. The van der Waals surface area contributed by atoms with Crippen LogP contribution in [0.4, 0.5) is 0 Å². The smallest absolute Gasteiger partial charge is 0.310 e. The third kappa shape index (κ3) is 9.89. The summed E-state index contributed by atoms with van der Waals surface area (Å²) in [5.74, 6) is -0.183. The van der Waals surface area contributed by atoms with Gasteiger partial charge < -0.3 is 4.74 Å². The van der Waals surface area contributed by atoms with Crippen molar-refractivity contribution in [2.75, 3.05) is 6.61 Å². The van der Waals surface area contributed by atoms with E-state index in [1.54, 1.807) is 6.08 Å². The number of esters is 1. The molecule has 2 nitrogen and oxygen atoms in total. The summed E-state index contributed by atoms with van der Waals surface area (Å²) in [6.07, 6.45) is 6.77. The van der Waals surface area contributed by atoms with Gasteiger partial charge in [0, 0.05) is 0 Å². The van der Waals surface area contributed by atoms with Crippen molar-refractivity contribution in [3.05, 3.63) is 66.8 Å². The van der Waals surface area contributed by atoms with E-state index in [2.05, 4.69) is 13.2 Å². The van der Waals surface area contributed by atoms with Crippen LogP contribution in [0.15, 0.2) is 61.2 Å². The number of carbonyl (C=O) groups is 1. The molecule has 0 N–H and O–H groups in total. The maximum absolute atomic E-state index is 11.0. The zero-order chi connectivity index (χ0) is 15.2. The first-order valence-corrected chi connectivity index (χ1v) is 6.73. The molecule has 0 aliphatic rings. The molecule has 0 bridgehead atoms. The van der Waals surface area contributed by atoms with Crippen LogP contribution >= 0.6 is 0 Å². The predicted octanol–water partition coefficient (Wildman–Crippen LogP) is 4.79. The topological polar surface area (TPSA) is 26.3 Å². The Bertz CT molecular complexity index is 430. The van der Waals surface area contributed by atoms with Crippen molar-refractivity contribution in [1.29, 1.82) is 0 Å². The van der Waals surface area contributed by atoms with Crippen molar-refractivity contribution in [3.63, 3.8) is 0 Å². The SMILES string of the molecule is C=CCOC(=O)CC(C)=CCC.C=Cc1ccccc1. The summed E-state index contributed by atoms with van der Waals surface area (Å²) in [6, 6.07) is 10.0. The molecule has 1 aromatic carbocycles. The zero-order valence-electron chi connectivity index (χ0n) is 12.5. The lowest BCUT2D eigenvalue weighted by Gasteiger charge is -2.01. The first-order valence-electron chi connectivity index (χ1n) is 6.73. The van der Waals surface area contributed by atoms with Gasteiger partial charge in [0.05, 0.1) is 6.42 Å². The normalized spacial score (nSPS) is 10.0. The highest BCUT2D eigenvalue weighted by Crippen LogP contribution is 2.02. The van der Waals surface area contributed by atoms with Crippen LogP contribution in [-0.2, 0) is 9.53 Å². The second kappa shape index (κ2) is 12.0. The monoisotopic (exact) mass is 272 g/mol. The van der Waals surface area contributed by atoms with Crippen molar-refractivity contribution in [1.82, 2.24) is 0 Å². The Morgan fingerprint density at radius 3 is 2.35 bits per heavy atom. The number of carbonyl (C=O) groups excluding carboxylic acids is 1. The molecule has 0 fully saturated rings. The van der Waals surface area contributed by atoms with E-state index in [1.165, 1.54) is 5.56 Å². The van der Waals surface area contributed by atoms with Crippen LogP contribution in [0.25, 0.3) is 6.08 Å². The van der Waals surface area contributed by atoms with E-state index in [1.807, 2.05) is 56.3 Å². The zero-order valence-corrected chi connectivity index (χ0v) is 12.5. The van der Waals surface area contributed by atoms with E-state index in [-0.39, 0.29) is 5.97 Å². The quantitative estimate of drug-likeness (QED) is 0.549. The number of benzene rings is 1. The first kappa shape index (κ1) is 17.9. The van der Waals surface area contributed by atoms with Gasteiger partial charge in [-0.25, -0.2) is 0 Å². The largest absolute Gasteiger partial charge is 0.461 e. The van der Waals surface area contributed by atoms with Crippen molar-refractivity contribution >= 4 is 12.0 Å². The fraction of sp³-hybridized carbons (Fsp3) is 0.278. The predicted molar refractivity (Wildman–Crippen MR) is 86.4 cm³/mol. The lowest BCUT2D eigenvalue weighted by molar-refractivity contribution is -0.141. The Morgan fingerprint density at radius 1 is 1.25 bits per heavy atom. The fourth-order valence-corrected chi connectivity index (χ4v) is 1.44. The Balaban J connectivity index is 0.000000388. The van der Waals surface area contributed by atoms with Gasteiger partial charge in [-0.2, -0.15) is 0 Å². The van der Waals surface area contributed by atoms with Gasteiger partial charge in [-0.1, -0.05) is 74.2 Å². The summed E-state index contributed by atoms with van der Waals surface area (Å²) in [5.41, 5.74) is 2.24. The molecule has 0 radical (unpaired) electrons. The van der Waals surface area contributed by atoms with E-state index in [0.29, 0.717) is 13.0 Å². The minimum Gasteiger partial charge on any atom is -0.461 e. The number of allylic oxidation sites excluding steroid dienone is 1. The Morgan fingerprint density at radius 2 is 1.90 bits per heavy atom. The van der Waals surface area contributed by atoms with Gasteiger partial charge in [-0.15, -0.1) is 0 Å². The molecule has 1 aromatic rings. The van der Waals surface area contributed by atoms with Crippen LogP contribution in [0, 0.1) is 0 Å². The van der Waals surface area contributed by atoms with Gasteiger partial charge >= 0.3 is 5.97 Å². The molecule has 0 amide bonds. The van der Waals surface area contributed by atoms with E-state index in [0.717, 1.165) is 12.0 Å². The summed E-state index contributed by atoms with van der Waals surface area (Å²) in [4.78, 5) is 11.0. The lowest BCUT2D eigenvalue weighted by atomic mass is 10.2. The first-order chi connectivity index (χ1) is 9.63. The molecule has 2 heteroatoms. The fourth-order valence-electron chi connectivity index (χ4n) is 1.44. The number of hydrogen-bond donors (Lipinski definition) is 0. The molecular weight excluding hydrogens is 248 g/mol. The molecular formula is C18H24O2. The summed E-state index contributed by atoms with van der Waals surface area (Å²) < 4.78 is 4.81. The highest BCUT2D eigenvalue weighted by atomic mass is 16.5. The molecule has 0 spiro atoms. The van der Waals surface area contributed by atoms with E-state index < -0.39 is 0 Å². The van der Waals surface area contributed by atoms with Gasteiger partial charge in [0.2, 0.25) is 0 Å². The molecule has 0 atom stereocenters. The maximum Gasteiger partial charge on any atom is 0.310 e. The molecule has 108 valence electrons. The van der Waals surface area contributed by atoms with Crippen molar-refractivity contribution in [2.45, 2.75) is 26.7 Å². The molecule has 0 aromatic heterocycles. The minimum atomic E-state index is -0.183. The van der Waals surface area contributed by atoms with Crippen LogP contribution in [-0.4, -0.2) is 12.6 Å². The summed E-state index contributed by atoms with van der Waals surface area (Å²) >= 11 is 0. The molecule has 0 aliphatic heterocycles. The average Bonchev–Trinajstić information content (AvgIpc) is 2.47. The second-order valence-electron chi connectivity index (χ2n) is 4.22. The van der Waals surface area contributed by atoms with E-state index in [4.69, 9.17) is 4.74 Å². The van der Waals surface area contributed by atoms with Gasteiger partial charge in [0.1, 0.15) is 6.61 Å². The van der Waals surface area contributed by atoms with Gasteiger partial charge in [0.25, 0.3) is 0 Å². The number of ether oxygens (including phenoxy) is 1. The molecule has 0 heterocycles. The molecule has 1 rings (SSSR count).